The van der Waals surface area contributed by atoms with Gasteiger partial charge in [0.2, 0.25) is 15.9 Å². The van der Waals surface area contributed by atoms with E-state index in [1.807, 2.05) is 0 Å². The molecule has 0 atom stereocenters. The summed E-state index contributed by atoms with van der Waals surface area (Å²) in [6.07, 6.45) is 1.22. The van der Waals surface area contributed by atoms with Gasteiger partial charge in [0.05, 0.1) is 12.7 Å². The van der Waals surface area contributed by atoms with Gasteiger partial charge in [0.15, 0.2) is 0 Å². The maximum absolute atomic E-state index is 12.9. The zero-order chi connectivity index (χ0) is 17.0. The molecule has 0 aromatic heterocycles. The molecule has 0 aliphatic carbocycles. The van der Waals surface area contributed by atoms with E-state index in [1.165, 1.54) is 17.0 Å². The van der Waals surface area contributed by atoms with E-state index >= 15 is 0 Å². The first kappa shape index (κ1) is 17.0. The molecule has 2 aromatic carbocycles. The predicted octanol–water partition coefficient (Wildman–Crippen LogP) is 2.40. The summed E-state index contributed by atoms with van der Waals surface area (Å²) in [5.74, 6) is -0.496. The second kappa shape index (κ2) is 6.78. The molecular weight excluding hydrogens is 319 g/mol. The van der Waals surface area contributed by atoms with Gasteiger partial charge in [0, 0.05) is 18.4 Å². The van der Waals surface area contributed by atoms with Crippen molar-refractivity contribution >= 4 is 27.3 Å². The number of anilines is 2. The molecule has 0 bridgehead atoms. The molecule has 0 saturated carbocycles. The van der Waals surface area contributed by atoms with Gasteiger partial charge in [0.1, 0.15) is 5.82 Å². The Morgan fingerprint density at radius 1 is 1.09 bits per heavy atom. The van der Waals surface area contributed by atoms with E-state index in [0.29, 0.717) is 11.4 Å². The summed E-state index contributed by atoms with van der Waals surface area (Å²) in [6, 6.07) is 12.2. The zero-order valence-corrected chi connectivity index (χ0v) is 13.6. The molecule has 1 amide bonds. The number of nitrogens with one attached hydrogen (secondary N) is 1. The highest BCUT2D eigenvalue weighted by Gasteiger charge is 2.12. The number of carbonyl (C=O) groups is 1. The van der Waals surface area contributed by atoms with Gasteiger partial charge in [-0.3, -0.25) is 9.52 Å². The summed E-state index contributed by atoms with van der Waals surface area (Å²) in [5, 5.41) is 0. The SMILES string of the molecule is CN(C(=O)Cc1ccc(F)cc1)c1ccc(NS(C)(=O)=O)cc1. The van der Waals surface area contributed by atoms with Gasteiger partial charge in [-0.2, -0.15) is 0 Å². The Labute approximate surface area is 134 Å². The summed E-state index contributed by atoms with van der Waals surface area (Å²) in [6.45, 7) is 0. The standard InChI is InChI=1S/C16H17FN2O3S/c1-19(16(20)11-12-3-5-13(17)6-4-12)15-9-7-14(8-10-15)18-23(2,21)22/h3-10,18H,11H2,1-2H3. The van der Waals surface area contributed by atoms with Crippen molar-refractivity contribution in [3.8, 4) is 0 Å². The van der Waals surface area contributed by atoms with Crippen LogP contribution in [0.5, 0.6) is 0 Å². The lowest BCUT2D eigenvalue weighted by Gasteiger charge is -2.18. The average Bonchev–Trinajstić information content (AvgIpc) is 2.48. The van der Waals surface area contributed by atoms with Crippen molar-refractivity contribution in [2.24, 2.45) is 0 Å². The number of sulfonamides is 1. The molecule has 2 rings (SSSR count). The lowest BCUT2D eigenvalue weighted by Crippen LogP contribution is -2.27. The number of likely N-dealkylation sites (N-methyl/N-ethyl adjacent to an activating group) is 1. The third kappa shape index (κ3) is 5.07. The van der Waals surface area contributed by atoms with E-state index in [9.17, 15) is 17.6 Å². The average molecular weight is 336 g/mol. The van der Waals surface area contributed by atoms with Crippen molar-refractivity contribution in [2.45, 2.75) is 6.42 Å². The molecule has 0 radical (unpaired) electrons. The zero-order valence-electron chi connectivity index (χ0n) is 12.8. The minimum atomic E-state index is -3.33. The molecule has 0 aliphatic rings. The number of hydrogen-bond donors (Lipinski definition) is 1. The first-order valence-electron chi connectivity index (χ1n) is 6.83. The van der Waals surface area contributed by atoms with Gasteiger partial charge >= 0.3 is 0 Å². The van der Waals surface area contributed by atoms with Crippen LogP contribution in [0, 0.1) is 5.82 Å². The molecule has 1 N–H and O–H groups in total. The molecule has 23 heavy (non-hydrogen) atoms. The van der Waals surface area contributed by atoms with Gasteiger partial charge in [-0.1, -0.05) is 12.1 Å². The van der Waals surface area contributed by atoms with Crippen LogP contribution >= 0.6 is 0 Å². The summed E-state index contributed by atoms with van der Waals surface area (Å²) in [7, 11) is -1.70. The van der Waals surface area contributed by atoms with Crippen LogP contribution in [0.1, 0.15) is 5.56 Å². The molecule has 0 saturated heterocycles. The van der Waals surface area contributed by atoms with Crippen LogP contribution in [0.15, 0.2) is 48.5 Å². The lowest BCUT2D eigenvalue weighted by atomic mass is 10.1. The van der Waals surface area contributed by atoms with Gasteiger partial charge in [-0.25, -0.2) is 12.8 Å². The molecule has 0 fully saturated rings. The molecule has 0 aliphatic heterocycles. The molecular formula is C16H17FN2O3S. The lowest BCUT2D eigenvalue weighted by molar-refractivity contribution is -0.117. The summed E-state index contributed by atoms with van der Waals surface area (Å²) in [4.78, 5) is 13.7. The highest BCUT2D eigenvalue weighted by Crippen LogP contribution is 2.18. The van der Waals surface area contributed by atoms with Crippen molar-refractivity contribution in [2.75, 3.05) is 22.9 Å². The fourth-order valence-corrected chi connectivity index (χ4v) is 2.57. The molecule has 0 heterocycles. The van der Waals surface area contributed by atoms with Crippen molar-refractivity contribution in [1.29, 1.82) is 0 Å². The van der Waals surface area contributed by atoms with Crippen LogP contribution in [0.3, 0.4) is 0 Å². The molecule has 2 aromatic rings. The molecule has 0 spiro atoms. The topological polar surface area (TPSA) is 66.5 Å². The highest BCUT2D eigenvalue weighted by atomic mass is 32.2. The first-order valence-corrected chi connectivity index (χ1v) is 8.72. The number of benzene rings is 2. The van der Waals surface area contributed by atoms with Crippen LogP contribution in [0.4, 0.5) is 15.8 Å². The fourth-order valence-electron chi connectivity index (χ4n) is 2.01. The Kier molecular flexibility index (Phi) is 5.00. The van der Waals surface area contributed by atoms with Crippen LogP contribution in [-0.2, 0) is 21.2 Å². The first-order chi connectivity index (χ1) is 10.7. The van der Waals surface area contributed by atoms with Crippen molar-refractivity contribution in [3.05, 3.63) is 59.9 Å². The summed E-state index contributed by atoms with van der Waals surface area (Å²) >= 11 is 0. The normalized spacial score (nSPS) is 11.1. The number of nitrogens with zero attached hydrogens (tertiary/aromatic N) is 1. The fraction of sp³-hybridized carbons (Fsp3) is 0.188. The van der Waals surface area contributed by atoms with Crippen LogP contribution in [-0.4, -0.2) is 27.6 Å². The molecule has 0 unspecified atom stereocenters. The third-order valence-electron chi connectivity index (χ3n) is 3.20. The van der Waals surface area contributed by atoms with E-state index in [0.717, 1.165) is 11.8 Å². The van der Waals surface area contributed by atoms with Crippen molar-refractivity contribution in [1.82, 2.24) is 0 Å². The summed E-state index contributed by atoms with van der Waals surface area (Å²) < 4.78 is 37.5. The van der Waals surface area contributed by atoms with Gasteiger partial charge in [-0.15, -0.1) is 0 Å². The monoisotopic (exact) mass is 336 g/mol. The van der Waals surface area contributed by atoms with Crippen molar-refractivity contribution in [3.63, 3.8) is 0 Å². The third-order valence-corrected chi connectivity index (χ3v) is 3.81. The van der Waals surface area contributed by atoms with Gasteiger partial charge in [0.25, 0.3) is 0 Å². The molecule has 5 nitrogen and oxygen atoms in total. The van der Waals surface area contributed by atoms with Gasteiger partial charge < -0.3 is 4.90 Å². The van der Waals surface area contributed by atoms with E-state index in [4.69, 9.17) is 0 Å². The minimum absolute atomic E-state index is 0.152. The molecule has 7 heteroatoms. The quantitative estimate of drug-likeness (QED) is 0.912. The Balaban J connectivity index is 2.05. The highest BCUT2D eigenvalue weighted by molar-refractivity contribution is 7.92. The maximum Gasteiger partial charge on any atom is 0.231 e. The Bertz CT molecular complexity index is 787. The number of rotatable bonds is 5. The van der Waals surface area contributed by atoms with Crippen LogP contribution in [0.2, 0.25) is 0 Å². The van der Waals surface area contributed by atoms with E-state index in [2.05, 4.69) is 4.72 Å². The van der Waals surface area contributed by atoms with E-state index in [1.54, 1.807) is 43.4 Å². The van der Waals surface area contributed by atoms with E-state index < -0.39 is 10.0 Å². The smallest absolute Gasteiger partial charge is 0.231 e. The Morgan fingerprint density at radius 3 is 2.17 bits per heavy atom. The second-order valence-electron chi connectivity index (χ2n) is 5.18. The van der Waals surface area contributed by atoms with E-state index in [-0.39, 0.29) is 18.1 Å². The number of halogens is 1. The molecule has 122 valence electrons. The second-order valence-corrected chi connectivity index (χ2v) is 6.93. The number of carbonyl (C=O) groups excluding carboxylic acids is 1. The summed E-state index contributed by atoms with van der Waals surface area (Å²) in [5.41, 5.74) is 1.78. The Morgan fingerprint density at radius 2 is 1.65 bits per heavy atom. The van der Waals surface area contributed by atoms with Crippen LogP contribution in [0.25, 0.3) is 0 Å². The Hall–Kier alpha value is -2.41. The largest absolute Gasteiger partial charge is 0.315 e. The number of hydrogen-bond acceptors (Lipinski definition) is 3. The minimum Gasteiger partial charge on any atom is -0.315 e. The predicted molar refractivity (Wildman–Crippen MR) is 88.4 cm³/mol. The van der Waals surface area contributed by atoms with Crippen LogP contribution < -0.4 is 9.62 Å². The maximum atomic E-state index is 12.9. The van der Waals surface area contributed by atoms with Gasteiger partial charge in [-0.05, 0) is 42.0 Å². The number of amides is 1. The van der Waals surface area contributed by atoms with Crippen molar-refractivity contribution < 1.29 is 17.6 Å².